The summed E-state index contributed by atoms with van der Waals surface area (Å²) in [5.74, 6) is 0.167. The number of benzene rings is 2. The number of aliphatic hydroxyl groups excluding tert-OH is 1. The molecule has 0 amide bonds. The van der Waals surface area contributed by atoms with Gasteiger partial charge in [0.2, 0.25) is 0 Å². The lowest BCUT2D eigenvalue weighted by atomic mass is 9.92. The molecule has 1 N–H and O–H groups in total. The molecule has 1 atom stereocenters. The smallest absolute Gasteiger partial charge is 0.0502 e. The fraction of sp³-hybridized carbons (Fsp3) is 0.333. The van der Waals surface area contributed by atoms with Gasteiger partial charge in [-0.05, 0) is 36.6 Å². The molecule has 0 saturated heterocycles. The average molecular weight is 269 g/mol. The third-order valence-electron chi connectivity index (χ3n) is 3.67. The molecule has 0 aliphatic rings. The molecule has 0 saturated carbocycles. The third kappa shape index (κ3) is 3.61. The molecule has 0 fully saturated rings. The van der Waals surface area contributed by atoms with Crippen LogP contribution in [0, 0.1) is 6.92 Å². The van der Waals surface area contributed by atoms with Gasteiger partial charge in [-0.2, -0.15) is 0 Å². The summed E-state index contributed by atoms with van der Waals surface area (Å²) in [5.41, 5.74) is 4.91. The predicted molar refractivity (Wildman–Crippen MR) is 85.5 cm³/mol. The third-order valence-corrected chi connectivity index (χ3v) is 3.67. The zero-order valence-electron chi connectivity index (χ0n) is 12.5. The molecule has 2 rings (SSSR count). The topological polar surface area (TPSA) is 23.5 Å². The van der Waals surface area contributed by atoms with Crippen LogP contribution in [-0.2, 0) is 6.42 Å². The lowest BCUT2D eigenvalue weighted by molar-refractivity contribution is 0.264. The van der Waals surface area contributed by atoms with Gasteiger partial charge in [0, 0.05) is 25.7 Å². The largest absolute Gasteiger partial charge is 0.396 e. The van der Waals surface area contributed by atoms with Gasteiger partial charge >= 0.3 is 0 Å². The molecule has 2 nitrogen and oxygen atoms in total. The first kappa shape index (κ1) is 14.6. The number of anilines is 1. The minimum atomic E-state index is 0.167. The van der Waals surface area contributed by atoms with Crippen LogP contribution in [0.4, 0.5) is 5.69 Å². The van der Waals surface area contributed by atoms with Crippen LogP contribution in [0.15, 0.2) is 48.5 Å². The van der Waals surface area contributed by atoms with E-state index in [0.29, 0.717) is 0 Å². The van der Waals surface area contributed by atoms with Crippen molar-refractivity contribution in [3.05, 3.63) is 65.2 Å². The van der Waals surface area contributed by atoms with Crippen molar-refractivity contribution in [3.8, 4) is 0 Å². The first-order valence-electron chi connectivity index (χ1n) is 7.04. The molecule has 0 aliphatic carbocycles. The number of nitrogens with zero attached hydrogens (tertiary/aromatic N) is 1. The summed E-state index contributed by atoms with van der Waals surface area (Å²) < 4.78 is 0. The summed E-state index contributed by atoms with van der Waals surface area (Å²) in [5, 5.41) is 9.67. The Morgan fingerprint density at radius 2 is 1.75 bits per heavy atom. The van der Waals surface area contributed by atoms with E-state index in [0.717, 1.165) is 6.42 Å². The number of aliphatic hydroxyl groups is 1. The quantitative estimate of drug-likeness (QED) is 0.899. The summed E-state index contributed by atoms with van der Waals surface area (Å²) in [4.78, 5) is 2.09. The fourth-order valence-corrected chi connectivity index (χ4v) is 2.43. The number of hydrogen-bond acceptors (Lipinski definition) is 2. The van der Waals surface area contributed by atoms with Crippen LogP contribution >= 0.6 is 0 Å². The van der Waals surface area contributed by atoms with Crippen molar-refractivity contribution in [2.75, 3.05) is 25.6 Å². The Balaban J connectivity index is 2.14. The highest BCUT2D eigenvalue weighted by molar-refractivity contribution is 5.46. The predicted octanol–water partition coefficient (Wildman–Crippen LogP) is 3.38. The second-order valence-electron chi connectivity index (χ2n) is 5.56. The standard InChI is InChI=1S/C18H23NO/c1-14-5-4-6-16(11-14)17(13-20)12-15-7-9-18(10-8-15)19(2)3/h4-11,17,20H,12-13H2,1-3H3. The Morgan fingerprint density at radius 3 is 2.30 bits per heavy atom. The van der Waals surface area contributed by atoms with Crippen LogP contribution in [-0.4, -0.2) is 25.8 Å². The summed E-state index contributed by atoms with van der Waals surface area (Å²) in [6.07, 6.45) is 0.869. The van der Waals surface area contributed by atoms with Gasteiger partial charge in [-0.1, -0.05) is 42.0 Å². The zero-order valence-corrected chi connectivity index (χ0v) is 12.5. The van der Waals surface area contributed by atoms with Gasteiger partial charge in [0.1, 0.15) is 0 Å². The molecule has 1 unspecified atom stereocenters. The molecule has 0 radical (unpaired) electrons. The minimum absolute atomic E-state index is 0.167. The van der Waals surface area contributed by atoms with E-state index in [4.69, 9.17) is 0 Å². The van der Waals surface area contributed by atoms with Crippen molar-refractivity contribution < 1.29 is 5.11 Å². The summed E-state index contributed by atoms with van der Waals surface area (Å²) in [6.45, 7) is 2.27. The van der Waals surface area contributed by atoms with Gasteiger partial charge in [0.05, 0.1) is 6.61 Å². The van der Waals surface area contributed by atoms with Crippen molar-refractivity contribution in [3.63, 3.8) is 0 Å². The second kappa shape index (κ2) is 6.58. The van der Waals surface area contributed by atoms with Crippen molar-refractivity contribution in [2.45, 2.75) is 19.3 Å². The van der Waals surface area contributed by atoms with Gasteiger partial charge in [0.25, 0.3) is 0 Å². The van der Waals surface area contributed by atoms with Gasteiger partial charge in [-0.25, -0.2) is 0 Å². The van der Waals surface area contributed by atoms with Gasteiger partial charge in [-0.3, -0.25) is 0 Å². The molecule has 20 heavy (non-hydrogen) atoms. The minimum Gasteiger partial charge on any atom is -0.396 e. The van der Waals surface area contributed by atoms with E-state index in [1.807, 2.05) is 14.1 Å². The molecule has 0 heterocycles. The van der Waals surface area contributed by atoms with E-state index in [2.05, 4.69) is 60.4 Å². The molecule has 0 bridgehead atoms. The van der Waals surface area contributed by atoms with Crippen LogP contribution in [0.1, 0.15) is 22.6 Å². The second-order valence-corrected chi connectivity index (χ2v) is 5.56. The Labute approximate surface area is 121 Å². The number of hydrogen-bond donors (Lipinski definition) is 1. The highest BCUT2D eigenvalue weighted by Crippen LogP contribution is 2.22. The first-order valence-corrected chi connectivity index (χ1v) is 7.04. The van der Waals surface area contributed by atoms with Gasteiger partial charge < -0.3 is 10.0 Å². The average Bonchev–Trinajstić information content (AvgIpc) is 2.45. The maximum atomic E-state index is 9.67. The van der Waals surface area contributed by atoms with E-state index in [1.165, 1.54) is 22.4 Å². The summed E-state index contributed by atoms with van der Waals surface area (Å²) in [6, 6.07) is 16.9. The SMILES string of the molecule is Cc1cccc(C(CO)Cc2ccc(N(C)C)cc2)c1. The molecule has 2 aromatic carbocycles. The Kier molecular flexibility index (Phi) is 4.80. The molecule has 2 heteroatoms. The van der Waals surface area contributed by atoms with Crippen LogP contribution < -0.4 is 4.90 Å². The van der Waals surface area contributed by atoms with Crippen molar-refractivity contribution in [1.82, 2.24) is 0 Å². The maximum Gasteiger partial charge on any atom is 0.0502 e. The molecule has 0 aliphatic heterocycles. The molecule has 106 valence electrons. The summed E-state index contributed by atoms with van der Waals surface area (Å²) >= 11 is 0. The lowest BCUT2D eigenvalue weighted by Crippen LogP contribution is -2.10. The van der Waals surface area contributed by atoms with E-state index in [1.54, 1.807) is 0 Å². The van der Waals surface area contributed by atoms with Crippen LogP contribution in [0.3, 0.4) is 0 Å². The van der Waals surface area contributed by atoms with E-state index >= 15 is 0 Å². The maximum absolute atomic E-state index is 9.67. The van der Waals surface area contributed by atoms with Gasteiger partial charge in [-0.15, -0.1) is 0 Å². The number of rotatable bonds is 5. The fourth-order valence-electron chi connectivity index (χ4n) is 2.43. The highest BCUT2D eigenvalue weighted by atomic mass is 16.3. The van der Waals surface area contributed by atoms with E-state index < -0.39 is 0 Å². The Hall–Kier alpha value is -1.80. The molecule has 0 spiro atoms. The molecular formula is C18H23NO. The van der Waals surface area contributed by atoms with Crippen molar-refractivity contribution >= 4 is 5.69 Å². The van der Waals surface area contributed by atoms with E-state index in [9.17, 15) is 5.11 Å². The monoisotopic (exact) mass is 269 g/mol. The highest BCUT2D eigenvalue weighted by Gasteiger charge is 2.11. The van der Waals surface area contributed by atoms with Crippen molar-refractivity contribution in [2.24, 2.45) is 0 Å². The van der Waals surface area contributed by atoms with Crippen LogP contribution in [0.25, 0.3) is 0 Å². The normalized spacial score (nSPS) is 12.2. The molecular weight excluding hydrogens is 246 g/mol. The molecule has 2 aromatic rings. The molecule has 0 aromatic heterocycles. The Bertz CT molecular complexity index is 546. The van der Waals surface area contributed by atoms with E-state index in [-0.39, 0.29) is 12.5 Å². The van der Waals surface area contributed by atoms with Crippen LogP contribution in [0.5, 0.6) is 0 Å². The zero-order chi connectivity index (χ0) is 14.5. The van der Waals surface area contributed by atoms with Gasteiger partial charge in [0.15, 0.2) is 0 Å². The Morgan fingerprint density at radius 1 is 1.05 bits per heavy atom. The lowest BCUT2D eigenvalue weighted by Gasteiger charge is -2.17. The summed E-state index contributed by atoms with van der Waals surface area (Å²) in [7, 11) is 4.08. The number of aryl methyl sites for hydroxylation is 1. The van der Waals surface area contributed by atoms with Crippen LogP contribution in [0.2, 0.25) is 0 Å². The first-order chi connectivity index (χ1) is 9.60. The van der Waals surface area contributed by atoms with Crippen molar-refractivity contribution in [1.29, 1.82) is 0 Å².